The molecule has 0 heterocycles. The molecule has 0 aromatic heterocycles. The van der Waals surface area contributed by atoms with Crippen LogP contribution in [-0.4, -0.2) is 27.8 Å². The van der Waals surface area contributed by atoms with Crippen molar-refractivity contribution in [1.29, 1.82) is 0 Å². The van der Waals surface area contributed by atoms with Crippen molar-refractivity contribution in [2.45, 2.75) is 12.2 Å². The lowest BCUT2D eigenvalue weighted by molar-refractivity contribution is -0.139. The van der Waals surface area contributed by atoms with Crippen molar-refractivity contribution in [1.82, 2.24) is 0 Å². The van der Waals surface area contributed by atoms with Crippen LogP contribution in [0.2, 0.25) is 0 Å². The van der Waals surface area contributed by atoms with Crippen molar-refractivity contribution in [3.05, 3.63) is 0 Å². The van der Waals surface area contributed by atoms with Crippen LogP contribution < -0.4 is 0 Å². The molecule has 0 aliphatic carbocycles. The number of aliphatic hydroxyl groups is 1. The minimum Gasteiger partial charge on any atom is -0.494 e. The van der Waals surface area contributed by atoms with Crippen LogP contribution in [0.25, 0.3) is 0 Å². The third-order valence-corrected chi connectivity index (χ3v) is 1.85. The lowest BCUT2D eigenvalue weighted by Crippen LogP contribution is -2.16. The average Bonchev–Trinajstić information content (AvgIpc) is 1.85. The van der Waals surface area contributed by atoms with Crippen LogP contribution in [0.5, 0.6) is 0 Å². The van der Waals surface area contributed by atoms with E-state index in [1.165, 1.54) is 7.11 Å². The number of thiocarbonyl (C=S) groups is 1. The molecule has 0 aliphatic rings. The van der Waals surface area contributed by atoms with E-state index in [4.69, 9.17) is 5.11 Å². The van der Waals surface area contributed by atoms with Crippen LogP contribution in [-0.2, 0) is 9.53 Å². The minimum absolute atomic E-state index is 0.238. The fourth-order valence-electron chi connectivity index (χ4n) is 0.365. The van der Waals surface area contributed by atoms with Gasteiger partial charge >= 0.3 is 5.97 Å². The Bertz CT molecular complexity index is 146. The van der Waals surface area contributed by atoms with Gasteiger partial charge in [0.15, 0.2) is 0 Å². The van der Waals surface area contributed by atoms with Gasteiger partial charge in [0.05, 0.1) is 7.11 Å². The molecule has 3 nitrogen and oxygen atoms in total. The van der Waals surface area contributed by atoms with Crippen molar-refractivity contribution in [2.75, 3.05) is 7.11 Å². The first-order chi connectivity index (χ1) is 4.57. The Labute approximate surface area is 68.8 Å². The number of hydrogen-bond acceptors (Lipinski definition) is 4. The highest BCUT2D eigenvalue weighted by molar-refractivity contribution is 8.23. The van der Waals surface area contributed by atoms with Crippen molar-refractivity contribution in [3.8, 4) is 0 Å². The second kappa shape index (κ2) is 4.51. The molecule has 5 heteroatoms. The average molecular weight is 180 g/mol. The molecule has 0 fully saturated rings. The number of carbonyl (C=O) groups excluding carboxylic acids is 1. The summed E-state index contributed by atoms with van der Waals surface area (Å²) in [5.41, 5.74) is 0. The summed E-state index contributed by atoms with van der Waals surface area (Å²) in [6.07, 6.45) is 0. The molecule has 1 N–H and O–H groups in total. The fraction of sp³-hybridized carbons (Fsp3) is 0.600. The standard InChI is InChI=1S/C5H8O3S2/c1-3(4(6)8-2)10-5(7)9/h3H,1-2H3,(H,7,9). The molecule has 0 radical (unpaired) electrons. The smallest absolute Gasteiger partial charge is 0.319 e. The van der Waals surface area contributed by atoms with E-state index >= 15 is 0 Å². The van der Waals surface area contributed by atoms with Crippen molar-refractivity contribution in [2.24, 2.45) is 0 Å². The molecule has 0 aromatic rings. The summed E-state index contributed by atoms with van der Waals surface area (Å²) >= 11 is 5.25. The molecule has 0 rings (SSSR count). The molecule has 58 valence electrons. The van der Waals surface area contributed by atoms with Crippen molar-refractivity contribution < 1.29 is 14.6 Å². The van der Waals surface area contributed by atoms with Crippen molar-refractivity contribution >= 4 is 34.3 Å². The second-order valence-corrected chi connectivity index (χ2v) is 3.52. The topological polar surface area (TPSA) is 46.5 Å². The monoisotopic (exact) mass is 180 g/mol. The molecule has 0 aromatic carbocycles. The van der Waals surface area contributed by atoms with E-state index in [1.54, 1.807) is 6.92 Å². The van der Waals surface area contributed by atoms with Crippen LogP contribution in [0.1, 0.15) is 6.92 Å². The molecule has 0 spiro atoms. The number of ether oxygens (including phenoxy) is 1. The molecule has 10 heavy (non-hydrogen) atoms. The molecule has 1 unspecified atom stereocenters. The molecule has 0 amide bonds. The van der Waals surface area contributed by atoms with Gasteiger partial charge in [0, 0.05) is 0 Å². The van der Waals surface area contributed by atoms with Gasteiger partial charge in [0.1, 0.15) is 5.25 Å². The Morgan fingerprint density at radius 2 is 2.30 bits per heavy atom. The second-order valence-electron chi connectivity index (χ2n) is 1.55. The van der Waals surface area contributed by atoms with Gasteiger partial charge in [0.2, 0.25) is 4.38 Å². The SMILES string of the molecule is COC(=O)C(C)SC(O)=S. The van der Waals surface area contributed by atoms with Crippen LogP contribution in [0.4, 0.5) is 0 Å². The number of carbonyl (C=O) groups is 1. The molecule has 1 atom stereocenters. The Kier molecular flexibility index (Phi) is 4.38. The third-order valence-electron chi connectivity index (χ3n) is 0.811. The first kappa shape index (κ1) is 9.71. The number of aliphatic hydroxyl groups excluding tert-OH is 1. The largest absolute Gasteiger partial charge is 0.494 e. The zero-order valence-corrected chi connectivity index (χ0v) is 7.29. The molecular formula is C5H8O3S2. The summed E-state index contributed by atoms with van der Waals surface area (Å²) in [4.78, 5) is 10.6. The van der Waals surface area contributed by atoms with Gasteiger partial charge in [0.25, 0.3) is 0 Å². The lowest BCUT2D eigenvalue weighted by atomic mass is 10.5. The quantitative estimate of drug-likeness (QED) is 0.509. The lowest BCUT2D eigenvalue weighted by Gasteiger charge is -2.04. The highest BCUT2D eigenvalue weighted by Gasteiger charge is 2.14. The van der Waals surface area contributed by atoms with Gasteiger partial charge in [-0.3, -0.25) is 4.79 Å². The van der Waals surface area contributed by atoms with E-state index in [0.29, 0.717) is 0 Å². The number of methoxy groups -OCH3 is 1. The van der Waals surface area contributed by atoms with E-state index in [2.05, 4.69) is 17.0 Å². The maximum absolute atomic E-state index is 10.6. The maximum atomic E-state index is 10.6. The van der Waals surface area contributed by atoms with Gasteiger partial charge < -0.3 is 9.84 Å². The summed E-state index contributed by atoms with van der Waals surface area (Å²) in [7, 11) is 1.29. The number of esters is 1. The zero-order valence-electron chi connectivity index (χ0n) is 5.66. The fourth-order valence-corrected chi connectivity index (χ4v) is 1.29. The molecule has 0 saturated heterocycles. The predicted octanol–water partition coefficient (Wildman–Crippen LogP) is 1.12. The van der Waals surface area contributed by atoms with E-state index < -0.39 is 5.25 Å². The van der Waals surface area contributed by atoms with Gasteiger partial charge in [-0.1, -0.05) is 11.8 Å². The van der Waals surface area contributed by atoms with Crippen LogP contribution >= 0.6 is 24.0 Å². The van der Waals surface area contributed by atoms with E-state index in [1.807, 2.05) is 0 Å². The molecule has 0 bridgehead atoms. The van der Waals surface area contributed by atoms with E-state index in [9.17, 15) is 4.79 Å². The first-order valence-electron chi connectivity index (χ1n) is 2.55. The highest BCUT2D eigenvalue weighted by Crippen LogP contribution is 2.11. The summed E-state index contributed by atoms with van der Waals surface area (Å²) in [6.45, 7) is 1.61. The van der Waals surface area contributed by atoms with E-state index in [0.717, 1.165) is 11.8 Å². The van der Waals surface area contributed by atoms with Gasteiger partial charge in [-0.25, -0.2) is 0 Å². The highest BCUT2D eigenvalue weighted by atomic mass is 32.2. The van der Waals surface area contributed by atoms with Gasteiger partial charge in [-0.05, 0) is 19.1 Å². The molecular weight excluding hydrogens is 172 g/mol. The Hall–Kier alpha value is -0.290. The van der Waals surface area contributed by atoms with Gasteiger partial charge in [-0.15, -0.1) is 0 Å². The summed E-state index contributed by atoms with van der Waals surface area (Å²) in [5, 5.41) is 8.13. The van der Waals surface area contributed by atoms with Crippen LogP contribution in [0.3, 0.4) is 0 Å². The summed E-state index contributed by atoms with van der Waals surface area (Å²) in [5.74, 6) is -0.388. The summed E-state index contributed by atoms with van der Waals surface area (Å²) < 4.78 is 4.14. The third kappa shape index (κ3) is 3.68. The molecule has 0 aliphatic heterocycles. The normalized spacial score (nSPS) is 12.2. The van der Waals surface area contributed by atoms with E-state index in [-0.39, 0.29) is 10.4 Å². The Morgan fingerprint density at radius 3 is 2.60 bits per heavy atom. The number of hydrogen-bond donors (Lipinski definition) is 1. The van der Waals surface area contributed by atoms with Crippen molar-refractivity contribution in [3.63, 3.8) is 0 Å². The number of thioether (sulfide) groups is 1. The van der Waals surface area contributed by atoms with Gasteiger partial charge in [-0.2, -0.15) is 0 Å². The number of rotatable bonds is 2. The maximum Gasteiger partial charge on any atom is 0.319 e. The predicted molar refractivity (Wildman–Crippen MR) is 44.3 cm³/mol. The zero-order chi connectivity index (χ0) is 8.15. The minimum atomic E-state index is -0.428. The Morgan fingerprint density at radius 1 is 1.80 bits per heavy atom. The van der Waals surface area contributed by atoms with Crippen LogP contribution in [0, 0.1) is 0 Å². The molecule has 0 saturated carbocycles. The summed E-state index contributed by atoms with van der Waals surface area (Å²) in [6, 6.07) is 0. The first-order valence-corrected chi connectivity index (χ1v) is 3.84. The Balaban J connectivity index is 3.72. The van der Waals surface area contributed by atoms with Crippen LogP contribution in [0.15, 0.2) is 0 Å².